The molecule has 72 valence electrons. The molecule has 0 saturated carbocycles. The molecule has 0 radical (unpaired) electrons. The van der Waals surface area contributed by atoms with Gasteiger partial charge in [-0.05, 0) is 13.3 Å². The molecule has 0 aromatic carbocycles. The predicted octanol–water partition coefficient (Wildman–Crippen LogP) is 1.02. The summed E-state index contributed by atoms with van der Waals surface area (Å²) in [6, 6.07) is 0. The summed E-state index contributed by atoms with van der Waals surface area (Å²) in [6.07, 6.45) is 0.781. The number of aryl methyl sites for hydroxylation is 1. The van der Waals surface area contributed by atoms with E-state index in [1.165, 1.54) is 0 Å². The fourth-order valence-electron chi connectivity index (χ4n) is 1.67. The van der Waals surface area contributed by atoms with E-state index >= 15 is 0 Å². The van der Waals surface area contributed by atoms with Crippen molar-refractivity contribution in [2.45, 2.75) is 26.0 Å². The van der Waals surface area contributed by atoms with E-state index in [-0.39, 0.29) is 6.10 Å². The fourth-order valence-corrected chi connectivity index (χ4v) is 2.27. The smallest absolute Gasteiger partial charge is 0.0897 e. The van der Waals surface area contributed by atoms with Gasteiger partial charge in [-0.1, -0.05) is 0 Å². The van der Waals surface area contributed by atoms with Gasteiger partial charge in [0.2, 0.25) is 0 Å². The Bertz CT molecular complexity index is 287. The Labute approximate surface area is 82.0 Å². The minimum atomic E-state index is -0.125. The molecule has 1 unspecified atom stereocenters. The lowest BCUT2D eigenvalue weighted by Gasteiger charge is -2.12. The number of aliphatic hydroxyl groups is 1. The van der Waals surface area contributed by atoms with Crippen LogP contribution in [0.4, 0.5) is 0 Å². The normalized spacial score (nSPS) is 24.0. The van der Waals surface area contributed by atoms with Gasteiger partial charge in [0.15, 0.2) is 0 Å². The number of likely N-dealkylation sites (tertiary alicyclic amines) is 1. The van der Waals surface area contributed by atoms with Crippen LogP contribution >= 0.6 is 11.3 Å². The number of aromatic nitrogens is 1. The summed E-state index contributed by atoms with van der Waals surface area (Å²) in [5.74, 6) is 0. The third-order valence-electron chi connectivity index (χ3n) is 2.30. The second kappa shape index (κ2) is 3.74. The highest BCUT2D eigenvalue weighted by molar-refractivity contribution is 7.09. The van der Waals surface area contributed by atoms with Gasteiger partial charge in [0, 0.05) is 25.0 Å². The van der Waals surface area contributed by atoms with E-state index in [1.54, 1.807) is 11.3 Å². The van der Waals surface area contributed by atoms with Crippen LogP contribution in [0.1, 0.15) is 17.1 Å². The Morgan fingerprint density at radius 2 is 2.62 bits per heavy atom. The summed E-state index contributed by atoms with van der Waals surface area (Å²) in [6.45, 7) is 4.71. The highest BCUT2D eigenvalue weighted by Crippen LogP contribution is 2.14. The summed E-state index contributed by atoms with van der Waals surface area (Å²) in [4.78, 5) is 6.64. The highest BCUT2D eigenvalue weighted by atomic mass is 32.1. The van der Waals surface area contributed by atoms with Crippen LogP contribution in [0, 0.1) is 6.92 Å². The van der Waals surface area contributed by atoms with Crippen LogP contribution in [-0.2, 0) is 6.54 Å². The Morgan fingerprint density at radius 3 is 3.15 bits per heavy atom. The standard InChI is InChI=1S/C9H14N2OS/c1-7-10-8(6-13-7)4-11-3-2-9(12)5-11/h6,9,12H,2-5H2,1H3. The monoisotopic (exact) mass is 198 g/mol. The number of thiazole rings is 1. The molecule has 2 heterocycles. The predicted molar refractivity (Wildman–Crippen MR) is 52.8 cm³/mol. The number of aliphatic hydroxyl groups excluding tert-OH is 1. The second-order valence-electron chi connectivity index (χ2n) is 3.54. The van der Waals surface area contributed by atoms with E-state index in [0.717, 1.165) is 36.8 Å². The third-order valence-corrected chi connectivity index (χ3v) is 3.12. The third kappa shape index (κ3) is 2.27. The van der Waals surface area contributed by atoms with Gasteiger partial charge in [-0.25, -0.2) is 4.98 Å². The number of hydrogen-bond donors (Lipinski definition) is 1. The molecule has 0 aliphatic carbocycles. The average molecular weight is 198 g/mol. The molecule has 3 nitrogen and oxygen atoms in total. The van der Waals surface area contributed by atoms with Crippen LogP contribution in [0.2, 0.25) is 0 Å². The molecule has 1 aromatic rings. The van der Waals surface area contributed by atoms with Crippen molar-refractivity contribution in [2.24, 2.45) is 0 Å². The average Bonchev–Trinajstić information content (AvgIpc) is 2.62. The van der Waals surface area contributed by atoms with Crippen molar-refractivity contribution in [3.63, 3.8) is 0 Å². The maximum atomic E-state index is 9.32. The summed E-state index contributed by atoms with van der Waals surface area (Å²) in [5, 5.41) is 12.5. The quantitative estimate of drug-likeness (QED) is 0.770. The molecule has 1 saturated heterocycles. The molecule has 1 aromatic heterocycles. The van der Waals surface area contributed by atoms with Crippen molar-refractivity contribution < 1.29 is 5.11 Å². The summed E-state index contributed by atoms with van der Waals surface area (Å²) >= 11 is 1.69. The van der Waals surface area contributed by atoms with Crippen molar-refractivity contribution in [3.8, 4) is 0 Å². The molecule has 1 aliphatic rings. The summed E-state index contributed by atoms with van der Waals surface area (Å²) in [5.41, 5.74) is 1.14. The molecule has 4 heteroatoms. The maximum Gasteiger partial charge on any atom is 0.0897 e. The lowest BCUT2D eigenvalue weighted by atomic mass is 10.3. The first kappa shape index (κ1) is 9.12. The van der Waals surface area contributed by atoms with Crippen LogP contribution in [0.25, 0.3) is 0 Å². The van der Waals surface area contributed by atoms with Crippen molar-refractivity contribution >= 4 is 11.3 Å². The van der Waals surface area contributed by atoms with Gasteiger partial charge in [0.25, 0.3) is 0 Å². The first-order valence-corrected chi connectivity index (χ1v) is 5.43. The molecule has 0 bridgehead atoms. The molecular formula is C9H14N2OS. The Hall–Kier alpha value is -0.450. The van der Waals surface area contributed by atoms with E-state index in [0.29, 0.717) is 0 Å². The fraction of sp³-hybridized carbons (Fsp3) is 0.667. The molecule has 0 spiro atoms. The van der Waals surface area contributed by atoms with Crippen LogP contribution in [0.3, 0.4) is 0 Å². The molecule has 2 rings (SSSR count). The second-order valence-corrected chi connectivity index (χ2v) is 4.60. The van der Waals surface area contributed by atoms with Crippen LogP contribution in [0.15, 0.2) is 5.38 Å². The number of rotatable bonds is 2. The van der Waals surface area contributed by atoms with E-state index in [2.05, 4.69) is 15.3 Å². The van der Waals surface area contributed by atoms with E-state index in [1.807, 2.05) is 6.92 Å². The Balaban J connectivity index is 1.91. The van der Waals surface area contributed by atoms with Gasteiger partial charge >= 0.3 is 0 Å². The van der Waals surface area contributed by atoms with Gasteiger partial charge in [-0.15, -0.1) is 11.3 Å². The van der Waals surface area contributed by atoms with E-state index in [4.69, 9.17) is 0 Å². The van der Waals surface area contributed by atoms with E-state index in [9.17, 15) is 5.11 Å². The molecule has 1 atom stereocenters. The zero-order chi connectivity index (χ0) is 9.26. The maximum absolute atomic E-state index is 9.32. The molecule has 0 amide bonds. The molecule has 1 aliphatic heterocycles. The highest BCUT2D eigenvalue weighted by Gasteiger charge is 2.20. The van der Waals surface area contributed by atoms with E-state index < -0.39 is 0 Å². The molecule has 13 heavy (non-hydrogen) atoms. The summed E-state index contributed by atoms with van der Waals surface area (Å²) in [7, 11) is 0. The number of β-amino-alcohol motifs (C(OH)–C–C–N with tert-alkyl or cyclic N) is 1. The van der Waals surface area contributed by atoms with Gasteiger partial charge in [0.1, 0.15) is 0 Å². The minimum absolute atomic E-state index is 0.125. The van der Waals surface area contributed by atoms with Crippen molar-refractivity contribution in [1.29, 1.82) is 0 Å². The lowest BCUT2D eigenvalue weighted by Crippen LogP contribution is -2.21. The molecular weight excluding hydrogens is 184 g/mol. The molecule has 1 fully saturated rings. The first-order chi connectivity index (χ1) is 6.24. The SMILES string of the molecule is Cc1nc(CN2CCC(O)C2)cs1. The largest absolute Gasteiger partial charge is 0.392 e. The van der Waals surface area contributed by atoms with Gasteiger partial charge < -0.3 is 5.11 Å². The van der Waals surface area contributed by atoms with Gasteiger partial charge in [0.05, 0.1) is 16.8 Å². The minimum Gasteiger partial charge on any atom is -0.392 e. The van der Waals surface area contributed by atoms with Crippen molar-refractivity contribution in [2.75, 3.05) is 13.1 Å². The van der Waals surface area contributed by atoms with Crippen LogP contribution in [0.5, 0.6) is 0 Å². The zero-order valence-corrected chi connectivity index (χ0v) is 8.55. The number of nitrogens with zero attached hydrogens (tertiary/aromatic N) is 2. The van der Waals surface area contributed by atoms with Crippen LogP contribution < -0.4 is 0 Å². The van der Waals surface area contributed by atoms with Crippen LogP contribution in [-0.4, -0.2) is 34.2 Å². The lowest BCUT2D eigenvalue weighted by molar-refractivity contribution is 0.174. The topological polar surface area (TPSA) is 36.4 Å². The van der Waals surface area contributed by atoms with Gasteiger partial charge in [-0.2, -0.15) is 0 Å². The molecule has 1 N–H and O–H groups in total. The Morgan fingerprint density at radius 1 is 1.77 bits per heavy atom. The summed E-state index contributed by atoms with van der Waals surface area (Å²) < 4.78 is 0. The first-order valence-electron chi connectivity index (χ1n) is 4.55. The van der Waals surface area contributed by atoms with Crippen molar-refractivity contribution in [1.82, 2.24) is 9.88 Å². The zero-order valence-electron chi connectivity index (χ0n) is 7.73. The van der Waals surface area contributed by atoms with Gasteiger partial charge in [-0.3, -0.25) is 4.90 Å². The number of hydrogen-bond acceptors (Lipinski definition) is 4. The Kier molecular flexibility index (Phi) is 2.62. The van der Waals surface area contributed by atoms with Crippen molar-refractivity contribution in [3.05, 3.63) is 16.1 Å².